The van der Waals surface area contributed by atoms with E-state index in [0.717, 1.165) is 6.26 Å². The molecule has 1 amide bonds. The summed E-state index contributed by atoms with van der Waals surface area (Å²) in [5.41, 5.74) is 5.87. The van der Waals surface area contributed by atoms with Crippen molar-refractivity contribution in [3.05, 3.63) is 29.3 Å². The fraction of sp³-hybridized carbons (Fsp3) is 0.333. The number of hydrogen-bond acceptors (Lipinski definition) is 4. The smallest absolute Gasteiger partial charge is 0.257 e. The first kappa shape index (κ1) is 18.4. The molecule has 0 saturated heterocycles. The summed E-state index contributed by atoms with van der Waals surface area (Å²) < 4.78 is 23.5. The SMILES string of the molecule is CC(C)c1ccc(C(=O)NC(=N)N)cc1S(C)(=O)=O.Cl. The maximum Gasteiger partial charge on any atom is 0.257 e. The summed E-state index contributed by atoms with van der Waals surface area (Å²) in [6.45, 7) is 3.75. The average Bonchev–Trinajstić information content (AvgIpc) is 2.25. The Labute approximate surface area is 124 Å². The third kappa shape index (κ3) is 4.50. The van der Waals surface area contributed by atoms with E-state index < -0.39 is 21.7 Å². The molecule has 6 nitrogen and oxygen atoms in total. The van der Waals surface area contributed by atoms with Crippen LogP contribution in [0.2, 0.25) is 0 Å². The van der Waals surface area contributed by atoms with Gasteiger partial charge in [-0.3, -0.25) is 15.5 Å². The van der Waals surface area contributed by atoms with E-state index in [1.165, 1.54) is 12.1 Å². The van der Waals surface area contributed by atoms with Crippen molar-refractivity contribution >= 4 is 34.1 Å². The maximum atomic E-state index is 11.8. The van der Waals surface area contributed by atoms with Crippen molar-refractivity contribution in [1.82, 2.24) is 5.32 Å². The Balaban J connectivity index is 0.00000361. The standard InChI is InChI=1S/C12H17N3O3S.ClH/c1-7(2)9-5-4-8(11(16)15-12(13)14)6-10(9)19(3,17)18;/h4-7H,1-3H3,(H4,13,14,15,16);1H. The van der Waals surface area contributed by atoms with E-state index in [1.54, 1.807) is 6.07 Å². The Kier molecular flexibility index (Phi) is 6.18. The second-order valence-electron chi connectivity index (χ2n) is 4.55. The number of benzene rings is 1. The molecule has 1 rings (SSSR count). The van der Waals surface area contributed by atoms with E-state index in [-0.39, 0.29) is 28.8 Å². The Bertz CT molecular complexity index is 627. The quantitative estimate of drug-likeness (QED) is 0.575. The van der Waals surface area contributed by atoms with Crippen molar-refractivity contribution in [2.24, 2.45) is 5.73 Å². The topological polar surface area (TPSA) is 113 Å². The van der Waals surface area contributed by atoms with Gasteiger partial charge < -0.3 is 5.73 Å². The minimum atomic E-state index is -3.43. The molecule has 0 bridgehead atoms. The highest BCUT2D eigenvalue weighted by molar-refractivity contribution is 7.90. The molecule has 112 valence electrons. The van der Waals surface area contributed by atoms with Crippen LogP contribution >= 0.6 is 12.4 Å². The highest BCUT2D eigenvalue weighted by Crippen LogP contribution is 2.24. The molecule has 0 unspecified atom stereocenters. The van der Waals surface area contributed by atoms with Gasteiger partial charge >= 0.3 is 0 Å². The molecule has 0 aromatic heterocycles. The van der Waals surface area contributed by atoms with Crippen LogP contribution in [0.3, 0.4) is 0 Å². The van der Waals surface area contributed by atoms with Gasteiger partial charge in [-0.15, -0.1) is 12.4 Å². The van der Waals surface area contributed by atoms with Crippen LogP contribution in [-0.2, 0) is 9.84 Å². The molecular weight excluding hydrogens is 302 g/mol. The van der Waals surface area contributed by atoms with E-state index in [4.69, 9.17) is 11.1 Å². The van der Waals surface area contributed by atoms with Crippen molar-refractivity contribution in [1.29, 1.82) is 5.41 Å². The summed E-state index contributed by atoms with van der Waals surface area (Å²) >= 11 is 0. The third-order valence-electron chi connectivity index (χ3n) is 2.55. The van der Waals surface area contributed by atoms with Crippen molar-refractivity contribution < 1.29 is 13.2 Å². The Morgan fingerprint density at radius 2 is 1.90 bits per heavy atom. The van der Waals surface area contributed by atoms with Gasteiger partial charge in [0.05, 0.1) is 4.90 Å². The molecule has 20 heavy (non-hydrogen) atoms. The molecule has 8 heteroatoms. The predicted molar refractivity (Wildman–Crippen MR) is 80.3 cm³/mol. The zero-order chi connectivity index (χ0) is 14.8. The van der Waals surface area contributed by atoms with Crippen molar-refractivity contribution in [3.8, 4) is 0 Å². The first-order valence-corrected chi connectivity index (χ1v) is 7.51. The molecule has 0 aliphatic carbocycles. The second kappa shape index (κ2) is 6.71. The highest BCUT2D eigenvalue weighted by atomic mass is 35.5. The summed E-state index contributed by atoms with van der Waals surface area (Å²) in [6, 6.07) is 4.43. The number of sulfone groups is 1. The molecule has 0 spiro atoms. The Hall–Kier alpha value is -1.60. The number of nitrogens with one attached hydrogen (secondary N) is 2. The lowest BCUT2D eigenvalue weighted by molar-refractivity contribution is 0.0976. The number of halogens is 1. The van der Waals surface area contributed by atoms with Crippen LogP contribution in [-0.4, -0.2) is 26.5 Å². The fourth-order valence-corrected chi connectivity index (χ4v) is 2.74. The van der Waals surface area contributed by atoms with Gasteiger partial charge in [0, 0.05) is 11.8 Å². The largest absolute Gasteiger partial charge is 0.370 e. The van der Waals surface area contributed by atoms with Crippen LogP contribution in [0.5, 0.6) is 0 Å². The van der Waals surface area contributed by atoms with Gasteiger partial charge in [0.25, 0.3) is 5.91 Å². The maximum absolute atomic E-state index is 11.8. The molecule has 0 heterocycles. The summed E-state index contributed by atoms with van der Waals surface area (Å²) in [5, 5.41) is 9.10. The van der Waals surface area contributed by atoms with Gasteiger partial charge in [0.2, 0.25) is 0 Å². The number of guanidine groups is 1. The second-order valence-corrected chi connectivity index (χ2v) is 6.53. The zero-order valence-corrected chi connectivity index (χ0v) is 13.1. The molecule has 4 N–H and O–H groups in total. The first-order chi connectivity index (χ1) is 8.62. The summed E-state index contributed by atoms with van der Waals surface area (Å²) in [4.78, 5) is 11.8. The molecular formula is C12H18ClN3O3S. The van der Waals surface area contributed by atoms with Crippen LogP contribution in [0.15, 0.2) is 23.1 Å². The normalized spacial score (nSPS) is 10.8. The molecule has 0 radical (unpaired) electrons. The fourth-order valence-electron chi connectivity index (χ4n) is 1.67. The number of carbonyl (C=O) groups is 1. The lowest BCUT2D eigenvalue weighted by Gasteiger charge is -2.13. The van der Waals surface area contributed by atoms with Crippen LogP contribution < -0.4 is 11.1 Å². The monoisotopic (exact) mass is 319 g/mol. The van der Waals surface area contributed by atoms with Crippen LogP contribution in [0.25, 0.3) is 0 Å². The number of hydrogen-bond donors (Lipinski definition) is 3. The van der Waals surface area contributed by atoms with Crippen LogP contribution in [0.1, 0.15) is 35.7 Å². The minimum Gasteiger partial charge on any atom is -0.370 e. The number of rotatable bonds is 3. The van der Waals surface area contributed by atoms with Crippen molar-refractivity contribution in [3.63, 3.8) is 0 Å². The van der Waals surface area contributed by atoms with E-state index in [0.29, 0.717) is 5.56 Å². The summed E-state index contributed by atoms with van der Waals surface area (Å²) in [6.07, 6.45) is 1.10. The minimum absolute atomic E-state index is 0. The summed E-state index contributed by atoms with van der Waals surface area (Å²) in [5.74, 6) is -1.07. The lowest BCUT2D eigenvalue weighted by atomic mass is 10.0. The highest BCUT2D eigenvalue weighted by Gasteiger charge is 2.18. The van der Waals surface area contributed by atoms with E-state index >= 15 is 0 Å². The molecule has 0 saturated carbocycles. The van der Waals surface area contributed by atoms with Gasteiger partial charge in [0.15, 0.2) is 15.8 Å². The number of carbonyl (C=O) groups excluding carboxylic acids is 1. The summed E-state index contributed by atoms with van der Waals surface area (Å²) in [7, 11) is -3.43. The average molecular weight is 320 g/mol. The Morgan fingerprint density at radius 3 is 2.30 bits per heavy atom. The van der Waals surface area contributed by atoms with Crippen molar-refractivity contribution in [2.45, 2.75) is 24.7 Å². The first-order valence-electron chi connectivity index (χ1n) is 5.62. The molecule has 0 aliphatic heterocycles. The third-order valence-corrected chi connectivity index (χ3v) is 3.70. The van der Waals surface area contributed by atoms with Crippen LogP contribution in [0.4, 0.5) is 0 Å². The molecule has 0 atom stereocenters. The van der Waals surface area contributed by atoms with Gasteiger partial charge in [-0.2, -0.15) is 0 Å². The molecule has 0 aliphatic rings. The van der Waals surface area contributed by atoms with Gasteiger partial charge in [0.1, 0.15) is 0 Å². The Morgan fingerprint density at radius 1 is 1.35 bits per heavy atom. The van der Waals surface area contributed by atoms with Gasteiger partial charge in [-0.25, -0.2) is 8.42 Å². The lowest BCUT2D eigenvalue weighted by Crippen LogP contribution is -2.35. The van der Waals surface area contributed by atoms with E-state index in [2.05, 4.69) is 5.32 Å². The predicted octanol–water partition coefficient (Wildman–Crippen LogP) is 1.26. The van der Waals surface area contributed by atoms with Crippen LogP contribution in [0, 0.1) is 5.41 Å². The number of amides is 1. The molecule has 0 fully saturated rings. The zero-order valence-electron chi connectivity index (χ0n) is 11.4. The van der Waals surface area contributed by atoms with E-state index in [1.807, 2.05) is 13.8 Å². The van der Waals surface area contributed by atoms with Gasteiger partial charge in [-0.05, 0) is 23.6 Å². The molecule has 1 aromatic rings. The van der Waals surface area contributed by atoms with E-state index in [9.17, 15) is 13.2 Å². The number of nitrogens with two attached hydrogens (primary N) is 1. The van der Waals surface area contributed by atoms with Gasteiger partial charge in [-0.1, -0.05) is 19.9 Å². The molecule has 1 aromatic carbocycles. The van der Waals surface area contributed by atoms with Crippen molar-refractivity contribution in [2.75, 3.05) is 6.26 Å².